The van der Waals surface area contributed by atoms with E-state index in [9.17, 15) is 14.7 Å². The van der Waals surface area contributed by atoms with Crippen LogP contribution < -0.4 is 0 Å². The monoisotopic (exact) mass is 287 g/mol. The minimum atomic E-state index is -0.828. The van der Waals surface area contributed by atoms with E-state index in [0.717, 1.165) is 19.3 Å². The molecule has 0 bridgehead atoms. The summed E-state index contributed by atoms with van der Waals surface area (Å²) >= 11 is 0. The van der Waals surface area contributed by atoms with E-state index in [1.807, 2.05) is 19.2 Å². The Bertz CT molecular complexity index is 569. The van der Waals surface area contributed by atoms with Gasteiger partial charge in [-0.2, -0.15) is 0 Å². The first-order valence-electron chi connectivity index (χ1n) is 7.67. The topological polar surface area (TPSA) is 57.6 Å². The highest BCUT2D eigenvalue weighted by molar-refractivity contribution is 5.85. The number of carboxylic acid groups (broad SMARTS) is 1. The number of hydrogen-bond donors (Lipinski definition) is 1. The molecule has 1 aromatic carbocycles. The Morgan fingerprint density at radius 1 is 1.14 bits per heavy atom. The molecule has 21 heavy (non-hydrogen) atoms. The van der Waals surface area contributed by atoms with Crippen molar-refractivity contribution in [2.75, 3.05) is 7.05 Å². The maximum atomic E-state index is 12.7. The van der Waals surface area contributed by atoms with Crippen molar-refractivity contribution in [3.63, 3.8) is 0 Å². The van der Waals surface area contributed by atoms with Gasteiger partial charge in [0.05, 0.1) is 17.9 Å². The first-order chi connectivity index (χ1) is 10.1. The molecular weight excluding hydrogens is 266 g/mol. The van der Waals surface area contributed by atoms with Gasteiger partial charge in [-0.3, -0.25) is 9.59 Å². The summed E-state index contributed by atoms with van der Waals surface area (Å²) in [6.07, 6.45) is 4.09. The van der Waals surface area contributed by atoms with E-state index in [4.69, 9.17) is 0 Å². The fourth-order valence-corrected chi connectivity index (χ4v) is 3.90. The minimum absolute atomic E-state index is 0.00148. The molecule has 1 unspecified atom stereocenters. The number of nitrogens with zero attached hydrogens (tertiary/aromatic N) is 1. The van der Waals surface area contributed by atoms with E-state index < -0.39 is 11.9 Å². The Hall–Kier alpha value is -1.84. The Morgan fingerprint density at radius 3 is 2.62 bits per heavy atom. The molecule has 0 saturated heterocycles. The summed E-state index contributed by atoms with van der Waals surface area (Å²) in [6.45, 7) is 0. The van der Waals surface area contributed by atoms with Crippen LogP contribution in [0, 0.1) is 11.8 Å². The number of amides is 1. The lowest BCUT2D eigenvalue weighted by Gasteiger charge is -2.29. The van der Waals surface area contributed by atoms with E-state index >= 15 is 0 Å². The smallest absolute Gasteiger partial charge is 0.307 e. The molecule has 1 N–H and O–H groups in total. The first-order valence-corrected chi connectivity index (χ1v) is 7.67. The second-order valence-electron chi connectivity index (χ2n) is 6.18. The molecule has 4 heteroatoms. The molecule has 3 rings (SSSR count). The predicted octanol–water partition coefficient (Wildman–Crippen LogP) is 2.63. The van der Waals surface area contributed by atoms with Crippen molar-refractivity contribution in [2.45, 2.75) is 38.1 Å². The summed E-state index contributed by atoms with van der Waals surface area (Å²) in [4.78, 5) is 25.8. The van der Waals surface area contributed by atoms with Crippen molar-refractivity contribution in [3.05, 3.63) is 35.4 Å². The molecular formula is C17H21NO3. The molecule has 1 fully saturated rings. The van der Waals surface area contributed by atoms with Gasteiger partial charge in [-0.1, -0.05) is 30.7 Å². The average Bonchev–Trinajstić information content (AvgIpc) is 3.12. The highest BCUT2D eigenvalue weighted by Gasteiger charge is 2.41. The Morgan fingerprint density at radius 2 is 1.86 bits per heavy atom. The lowest BCUT2D eigenvalue weighted by atomic mass is 9.94. The number of benzene rings is 1. The fourth-order valence-electron chi connectivity index (χ4n) is 3.90. The number of fused-ring (bicyclic) bond motifs is 1. The molecule has 2 aliphatic rings. The van der Waals surface area contributed by atoms with Crippen LogP contribution in [-0.2, 0) is 16.0 Å². The van der Waals surface area contributed by atoms with Gasteiger partial charge in [0.15, 0.2) is 0 Å². The molecule has 2 aliphatic carbocycles. The molecule has 4 nitrogen and oxygen atoms in total. The molecule has 0 spiro atoms. The van der Waals surface area contributed by atoms with Crippen LogP contribution in [0.5, 0.6) is 0 Å². The quantitative estimate of drug-likeness (QED) is 0.929. The lowest BCUT2D eigenvalue weighted by molar-refractivity contribution is -0.149. The van der Waals surface area contributed by atoms with Crippen LogP contribution >= 0.6 is 0 Å². The van der Waals surface area contributed by atoms with Crippen molar-refractivity contribution in [1.82, 2.24) is 4.90 Å². The standard InChI is InChI=1S/C17H21NO3/c1-18(15-10-9-11-5-2-3-6-12(11)15)16(19)13-7-4-8-14(13)17(20)21/h2-3,5-6,13-15H,4,7-10H2,1H3,(H,20,21)/t13-,14+,15?/m1/s1. The van der Waals surface area contributed by atoms with Crippen molar-refractivity contribution in [1.29, 1.82) is 0 Å². The Kier molecular flexibility index (Phi) is 3.70. The number of carbonyl (C=O) groups is 2. The average molecular weight is 287 g/mol. The van der Waals surface area contributed by atoms with Gasteiger partial charge < -0.3 is 10.0 Å². The largest absolute Gasteiger partial charge is 0.481 e. The molecule has 0 aliphatic heterocycles. The zero-order valence-electron chi connectivity index (χ0n) is 12.3. The van der Waals surface area contributed by atoms with Gasteiger partial charge in [0, 0.05) is 7.05 Å². The maximum absolute atomic E-state index is 12.7. The number of hydrogen-bond acceptors (Lipinski definition) is 2. The van der Waals surface area contributed by atoms with E-state index in [2.05, 4.69) is 12.1 Å². The highest BCUT2D eigenvalue weighted by Crippen LogP contribution is 2.39. The van der Waals surface area contributed by atoms with Crippen LogP contribution in [0.4, 0.5) is 0 Å². The lowest BCUT2D eigenvalue weighted by Crippen LogP contribution is -2.38. The van der Waals surface area contributed by atoms with Crippen LogP contribution in [-0.4, -0.2) is 28.9 Å². The van der Waals surface area contributed by atoms with Gasteiger partial charge >= 0.3 is 5.97 Å². The second-order valence-corrected chi connectivity index (χ2v) is 6.18. The molecule has 112 valence electrons. The SMILES string of the molecule is CN(C(=O)[C@@H]1CCC[C@@H]1C(=O)O)C1CCc2ccccc21. The number of carbonyl (C=O) groups excluding carboxylic acids is 1. The van der Waals surface area contributed by atoms with Gasteiger partial charge in [0.1, 0.15) is 0 Å². The van der Waals surface area contributed by atoms with Crippen molar-refractivity contribution in [2.24, 2.45) is 11.8 Å². The normalized spacial score (nSPS) is 27.4. The van der Waals surface area contributed by atoms with Crippen molar-refractivity contribution < 1.29 is 14.7 Å². The summed E-state index contributed by atoms with van der Waals surface area (Å²) in [5, 5.41) is 9.27. The summed E-state index contributed by atoms with van der Waals surface area (Å²) in [5.41, 5.74) is 2.53. The van der Waals surface area contributed by atoms with E-state index in [1.165, 1.54) is 11.1 Å². The Labute approximate surface area is 124 Å². The van der Waals surface area contributed by atoms with E-state index in [-0.39, 0.29) is 17.9 Å². The number of aryl methyl sites for hydroxylation is 1. The highest BCUT2D eigenvalue weighted by atomic mass is 16.4. The van der Waals surface area contributed by atoms with Crippen LogP contribution in [0.2, 0.25) is 0 Å². The molecule has 0 heterocycles. The van der Waals surface area contributed by atoms with E-state index in [0.29, 0.717) is 12.8 Å². The third-order valence-corrected chi connectivity index (χ3v) is 5.07. The molecule has 3 atom stereocenters. The third kappa shape index (κ3) is 2.43. The molecule has 0 aromatic heterocycles. The van der Waals surface area contributed by atoms with Crippen LogP contribution in [0.1, 0.15) is 42.9 Å². The van der Waals surface area contributed by atoms with Gasteiger partial charge in [0.2, 0.25) is 5.91 Å². The van der Waals surface area contributed by atoms with Crippen molar-refractivity contribution in [3.8, 4) is 0 Å². The van der Waals surface area contributed by atoms with Crippen LogP contribution in [0.25, 0.3) is 0 Å². The molecule has 1 saturated carbocycles. The minimum Gasteiger partial charge on any atom is -0.481 e. The summed E-state index contributed by atoms with van der Waals surface area (Å²) in [6, 6.07) is 8.33. The van der Waals surface area contributed by atoms with Crippen LogP contribution in [0.3, 0.4) is 0 Å². The molecule has 1 amide bonds. The fraction of sp³-hybridized carbons (Fsp3) is 0.529. The van der Waals surface area contributed by atoms with Crippen LogP contribution in [0.15, 0.2) is 24.3 Å². The maximum Gasteiger partial charge on any atom is 0.307 e. The van der Waals surface area contributed by atoms with Crippen molar-refractivity contribution >= 4 is 11.9 Å². The van der Waals surface area contributed by atoms with Gasteiger partial charge in [-0.05, 0) is 36.8 Å². The van der Waals surface area contributed by atoms with Gasteiger partial charge in [-0.25, -0.2) is 0 Å². The summed E-state index contributed by atoms with van der Waals surface area (Å²) in [7, 11) is 1.83. The Balaban J connectivity index is 1.78. The molecule has 0 radical (unpaired) electrons. The van der Waals surface area contributed by atoms with Gasteiger partial charge in [-0.15, -0.1) is 0 Å². The third-order valence-electron chi connectivity index (χ3n) is 5.07. The number of rotatable bonds is 3. The zero-order chi connectivity index (χ0) is 15.0. The first kappa shape index (κ1) is 14.1. The summed E-state index contributed by atoms with van der Waals surface area (Å²) < 4.78 is 0. The second kappa shape index (κ2) is 5.51. The number of carboxylic acids is 1. The summed E-state index contributed by atoms with van der Waals surface area (Å²) in [5.74, 6) is -1.68. The number of aliphatic carboxylic acids is 1. The van der Waals surface area contributed by atoms with E-state index in [1.54, 1.807) is 4.90 Å². The zero-order valence-corrected chi connectivity index (χ0v) is 12.3. The van der Waals surface area contributed by atoms with Gasteiger partial charge in [0.25, 0.3) is 0 Å². The molecule has 1 aromatic rings. The predicted molar refractivity (Wildman–Crippen MR) is 78.7 cm³/mol.